The molecule has 0 aliphatic carbocycles. The maximum absolute atomic E-state index is 12.0. The van der Waals surface area contributed by atoms with Crippen LogP contribution in [0.2, 0.25) is 18.1 Å². The van der Waals surface area contributed by atoms with E-state index in [9.17, 15) is 9.59 Å². The highest BCUT2D eigenvalue weighted by atomic mass is 28.4. The lowest BCUT2D eigenvalue weighted by Crippen LogP contribution is -2.42. The third-order valence-electron chi connectivity index (χ3n) is 5.52. The second-order valence-electron chi connectivity index (χ2n) is 7.25. The van der Waals surface area contributed by atoms with Gasteiger partial charge in [0.25, 0.3) is 0 Å². The van der Waals surface area contributed by atoms with Crippen LogP contribution in [0.15, 0.2) is 42.0 Å². The number of cyclic esters (lactones) is 1. The van der Waals surface area contributed by atoms with Gasteiger partial charge in [-0.05, 0) is 43.0 Å². The third-order valence-corrected chi connectivity index (χ3v) is 10.1. The van der Waals surface area contributed by atoms with E-state index in [0.29, 0.717) is 12.0 Å². The minimum atomic E-state index is -1.98. The van der Waals surface area contributed by atoms with Gasteiger partial charge in [0, 0.05) is 18.6 Å². The number of rotatable bonds is 11. The first kappa shape index (κ1) is 22.4. The number of carbonyl (C=O) groups excluding carboxylic acids is 2. The fourth-order valence-corrected chi connectivity index (χ4v) is 6.24. The summed E-state index contributed by atoms with van der Waals surface area (Å²) in [5.74, 6) is -0.792. The van der Waals surface area contributed by atoms with E-state index >= 15 is 0 Å². The summed E-state index contributed by atoms with van der Waals surface area (Å²) in [6.45, 7) is 7.77. The van der Waals surface area contributed by atoms with Gasteiger partial charge >= 0.3 is 11.9 Å². The Labute approximate surface area is 169 Å². The summed E-state index contributed by atoms with van der Waals surface area (Å²) in [4.78, 5) is 23.7. The molecular weight excluding hydrogens is 372 g/mol. The molecule has 1 heterocycles. The second kappa shape index (κ2) is 10.6. The smallest absolute Gasteiger partial charge is 0.333 e. The van der Waals surface area contributed by atoms with Crippen LogP contribution >= 0.6 is 0 Å². The lowest BCUT2D eigenvalue weighted by molar-refractivity contribution is -0.152. The summed E-state index contributed by atoms with van der Waals surface area (Å²) in [5.41, 5.74) is 1.87. The average Bonchev–Trinajstić information content (AvgIpc) is 3.06. The zero-order valence-corrected chi connectivity index (χ0v) is 18.4. The molecule has 2 atom stereocenters. The van der Waals surface area contributed by atoms with Crippen molar-refractivity contribution in [3.05, 3.63) is 47.5 Å². The van der Waals surface area contributed by atoms with Crippen molar-refractivity contribution in [3.8, 4) is 0 Å². The fourth-order valence-electron chi connectivity index (χ4n) is 3.61. The monoisotopic (exact) mass is 404 g/mol. The van der Waals surface area contributed by atoms with Crippen LogP contribution in [-0.2, 0) is 29.9 Å². The van der Waals surface area contributed by atoms with Gasteiger partial charge in [-0.3, -0.25) is 4.79 Å². The highest BCUT2D eigenvalue weighted by Crippen LogP contribution is 2.32. The maximum atomic E-state index is 12.0. The molecule has 0 bridgehead atoms. The summed E-state index contributed by atoms with van der Waals surface area (Å²) in [6.07, 6.45) is 2.54. The van der Waals surface area contributed by atoms with Gasteiger partial charge in [-0.2, -0.15) is 0 Å². The maximum Gasteiger partial charge on any atom is 0.333 e. The molecule has 6 heteroatoms. The average molecular weight is 405 g/mol. The zero-order chi connectivity index (χ0) is 20.6. The lowest BCUT2D eigenvalue weighted by atomic mass is 10.0. The van der Waals surface area contributed by atoms with Crippen molar-refractivity contribution in [3.63, 3.8) is 0 Å². The first-order chi connectivity index (χ1) is 13.4. The lowest BCUT2D eigenvalue weighted by Gasteiger charge is -2.33. The molecule has 0 aromatic heterocycles. The molecule has 0 fully saturated rings. The number of aryl methyl sites for hydroxylation is 1. The molecule has 0 N–H and O–H groups in total. The Morgan fingerprint density at radius 2 is 1.79 bits per heavy atom. The summed E-state index contributed by atoms with van der Waals surface area (Å²) in [5, 5.41) is 0. The van der Waals surface area contributed by atoms with E-state index < -0.39 is 26.7 Å². The number of hydrogen-bond donors (Lipinski definition) is 0. The predicted octanol–water partition coefficient (Wildman–Crippen LogP) is 4.77. The van der Waals surface area contributed by atoms with Crippen LogP contribution < -0.4 is 0 Å². The minimum Gasteiger partial charge on any atom is -0.458 e. The van der Waals surface area contributed by atoms with E-state index in [1.807, 2.05) is 18.2 Å². The number of esters is 2. The molecule has 1 aliphatic rings. The topological polar surface area (TPSA) is 61.8 Å². The molecular formula is C22H32O5Si. The molecule has 154 valence electrons. The Kier molecular flexibility index (Phi) is 8.45. The van der Waals surface area contributed by atoms with E-state index in [4.69, 9.17) is 13.9 Å². The molecule has 0 saturated heterocycles. The van der Waals surface area contributed by atoms with E-state index in [0.717, 1.165) is 31.0 Å². The first-order valence-corrected chi connectivity index (χ1v) is 12.8. The molecule has 0 saturated carbocycles. The Bertz CT molecular complexity index is 673. The second-order valence-corrected chi connectivity index (χ2v) is 12.0. The highest BCUT2D eigenvalue weighted by Gasteiger charge is 2.40. The molecule has 0 spiro atoms. The molecule has 28 heavy (non-hydrogen) atoms. The van der Waals surface area contributed by atoms with Crippen LogP contribution in [0.1, 0.15) is 46.1 Å². The molecule has 1 aromatic carbocycles. The van der Waals surface area contributed by atoms with Gasteiger partial charge in [0.15, 0.2) is 8.32 Å². The van der Waals surface area contributed by atoms with Crippen LogP contribution in [0, 0.1) is 0 Å². The van der Waals surface area contributed by atoms with Crippen LogP contribution in [0.4, 0.5) is 0 Å². The van der Waals surface area contributed by atoms with Crippen molar-refractivity contribution in [1.82, 2.24) is 0 Å². The number of carbonyl (C=O) groups is 2. The van der Waals surface area contributed by atoms with Crippen molar-refractivity contribution in [2.45, 2.75) is 77.5 Å². The van der Waals surface area contributed by atoms with Gasteiger partial charge in [-0.1, -0.05) is 51.1 Å². The Balaban J connectivity index is 2.11. The van der Waals surface area contributed by atoms with Gasteiger partial charge in [-0.15, -0.1) is 0 Å². The SMILES string of the molecule is CC[Si](CC)(CC)OC1OC(=O)C=C1C(CCCc1ccccc1)OC(C)=O. The van der Waals surface area contributed by atoms with Gasteiger partial charge in [0.2, 0.25) is 6.29 Å². The molecule has 0 radical (unpaired) electrons. The summed E-state index contributed by atoms with van der Waals surface area (Å²) < 4.78 is 17.4. The van der Waals surface area contributed by atoms with Crippen molar-refractivity contribution in [2.24, 2.45) is 0 Å². The highest BCUT2D eigenvalue weighted by molar-refractivity contribution is 6.73. The van der Waals surface area contributed by atoms with Gasteiger partial charge in [0.1, 0.15) is 6.10 Å². The summed E-state index contributed by atoms with van der Waals surface area (Å²) in [6, 6.07) is 13.0. The van der Waals surface area contributed by atoms with Crippen LogP contribution in [-0.4, -0.2) is 32.6 Å². The van der Waals surface area contributed by atoms with Gasteiger partial charge in [0.05, 0.1) is 0 Å². The molecule has 2 rings (SSSR count). The predicted molar refractivity (Wildman–Crippen MR) is 111 cm³/mol. The quantitative estimate of drug-likeness (QED) is 0.393. The molecule has 1 aliphatic heterocycles. The van der Waals surface area contributed by atoms with E-state index in [2.05, 4.69) is 32.9 Å². The van der Waals surface area contributed by atoms with Crippen LogP contribution in [0.5, 0.6) is 0 Å². The Morgan fingerprint density at radius 1 is 1.14 bits per heavy atom. The molecule has 5 nitrogen and oxygen atoms in total. The first-order valence-electron chi connectivity index (χ1n) is 10.2. The van der Waals surface area contributed by atoms with Crippen molar-refractivity contribution >= 4 is 20.3 Å². The number of benzene rings is 1. The number of hydrogen-bond acceptors (Lipinski definition) is 5. The normalized spacial score (nSPS) is 17.8. The summed E-state index contributed by atoms with van der Waals surface area (Å²) in [7, 11) is -1.98. The van der Waals surface area contributed by atoms with E-state index in [-0.39, 0.29) is 5.97 Å². The fraction of sp³-hybridized carbons (Fsp3) is 0.545. The summed E-state index contributed by atoms with van der Waals surface area (Å²) >= 11 is 0. The minimum absolute atomic E-state index is 0.367. The molecule has 2 unspecified atom stereocenters. The van der Waals surface area contributed by atoms with Crippen molar-refractivity contribution in [1.29, 1.82) is 0 Å². The molecule has 0 amide bonds. The van der Waals surface area contributed by atoms with Gasteiger partial charge < -0.3 is 13.9 Å². The standard InChI is InChI=1S/C22H32O5Si/c1-5-28(6-2,7-3)27-22-19(16-21(24)26-22)20(25-17(4)23)15-11-14-18-12-9-8-10-13-18/h8-10,12-13,16,20,22H,5-7,11,14-15H2,1-4H3. The Hall–Kier alpha value is -1.92. The van der Waals surface area contributed by atoms with Crippen molar-refractivity contribution in [2.75, 3.05) is 0 Å². The van der Waals surface area contributed by atoms with E-state index in [1.165, 1.54) is 18.6 Å². The zero-order valence-electron chi connectivity index (χ0n) is 17.4. The Morgan fingerprint density at radius 3 is 2.36 bits per heavy atom. The van der Waals surface area contributed by atoms with Gasteiger partial charge in [-0.25, -0.2) is 4.79 Å². The van der Waals surface area contributed by atoms with Crippen LogP contribution in [0.3, 0.4) is 0 Å². The van der Waals surface area contributed by atoms with E-state index in [1.54, 1.807) is 0 Å². The third kappa shape index (κ3) is 6.04. The number of ether oxygens (including phenoxy) is 2. The largest absolute Gasteiger partial charge is 0.458 e. The molecule has 1 aromatic rings. The van der Waals surface area contributed by atoms with Crippen molar-refractivity contribution < 1.29 is 23.5 Å². The van der Waals surface area contributed by atoms with Crippen LogP contribution in [0.25, 0.3) is 0 Å².